The number of carbonyl (C=O) groups excluding carboxylic acids is 3. The van der Waals surface area contributed by atoms with Gasteiger partial charge in [-0.05, 0) is 61.9 Å². The molecule has 0 aliphatic carbocycles. The van der Waals surface area contributed by atoms with E-state index in [1.807, 2.05) is 31.2 Å². The third-order valence-electron chi connectivity index (χ3n) is 5.41. The Morgan fingerprint density at radius 1 is 0.946 bits per heavy atom. The van der Waals surface area contributed by atoms with E-state index in [1.54, 1.807) is 70.2 Å². The van der Waals surface area contributed by atoms with Gasteiger partial charge in [-0.2, -0.15) is 15.4 Å². The lowest BCUT2D eigenvalue weighted by atomic mass is 9.83. The zero-order valence-electron chi connectivity index (χ0n) is 21.3. The van der Waals surface area contributed by atoms with Crippen molar-refractivity contribution in [3.63, 3.8) is 0 Å². The van der Waals surface area contributed by atoms with Crippen molar-refractivity contribution in [1.29, 1.82) is 0 Å². The van der Waals surface area contributed by atoms with Crippen LogP contribution < -0.4 is 10.1 Å². The molecule has 9 heteroatoms. The van der Waals surface area contributed by atoms with E-state index in [1.165, 1.54) is 0 Å². The van der Waals surface area contributed by atoms with Gasteiger partial charge in [0, 0.05) is 5.41 Å². The normalized spacial score (nSPS) is 11.7. The number of fused-ring (bicyclic) bond motifs is 1. The van der Waals surface area contributed by atoms with E-state index in [9.17, 15) is 14.4 Å². The largest absolute Gasteiger partial charge is 0.423 e. The highest BCUT2D eigenvalue weighted by molar-refractivity contribution is 6.33. The summed E-state index contributed by atoms with van der Waals surface area (Å²) in [5, 5.41) is 13.5. The third-order valence-corrected chi connectivity index (χ3v) is 5.74. The highest BCUT2D eigenvalue weighted by Crippen LogP contribution is 2.25. The summed E-state index contributed by atoms with van der Waals surface area (Å²) in [6, 6.07) is 19.3. The molecule has 4 rings (SSSR count). The molecular weight excluding hydrogens is 492 g/mol. The molecule has 0 spiro atoms. The molecule has 4 aromatic rings. The number of hydrogen-bond donors (Lipinski definition) is 2. The lowest BCUT2D eigenvalue weighted by molar-refractivity contribution is -0.135. The Balaban J connectivity index is 0.000000206. The van der Waals surface area contributed by atoms with Crippen molar-refractivity contribution < 1.29 is 19.1 Å². The first kappa shape index (κ1) is 27.5. The number of para-hydroxylation sites is 1. The molecule has 192 valence electrons. The molecule has 0 fully saturated rings. The van der Waals surface area contributed by atoms with Crippen LogP contribution in [0.15, 0.2) is 66.7 Å². The predicted molar refractivity (Wildman–Crippen MR) is 144 cm³/mol. The fourth-order valence-corrected chi connectivity index (χ4v) is 3.53. The zero-order chi connectivity index (χ0) is 27.2. The van der Waals surface area contributed by atoms with E-state index in [0.29, 0.717) is 33.1 Å². The molecule has 3 aromatic carbocycles. The van der Waals surface area contributed by atoms with Gasteiger partial charge >= 0.3 is 5.97 Å². The van der Waals surface area contributed by atoms with Gasteiger partial charge in [0.1, 0.15) is 22.6 Å². The first-order chi connectivity index (χ1) is 17.5. The van der Waals surface area contributed by atoms with Gasteiger partial charge in [0.15, 0.2) is 0 Å². The molecule has 1 atom stereocenters. The Kier molecular flexibility index (Phi) is 8.78. The van der Waals surface area contributed by atoms with Crippen LogP contribution in [0.2, 0.25) is 5.02 Å². The Morgan fingerprint density at radius 3 is 2.30 bits per heavy atom. The zero-order valence-corrected chi connectivity index (χ0v) is 22.1. The lowest BCUT2D eigenvalue weighted by Crippen LogP contribution is -2.34. The van der Waals surface area contributed by atoms with Crippen LogP contribution >= 0.6 is 11.6 Å². The number of nitrogens with zero attached hydrogens (tertiary/aromatic N) is 2. The average molecular weight is 521 g/mol. The number of Topliss-reactive ketones (excluding diaryl/α,β-unsaturated/α-hetero) is 1. The molecule has 8 nitrogen and oxygen atoms in total. The van der Waals surface area contributed by atoms with Crippen LogP contribution in [0.4, 0.5) is 5.69 Å². The van der Waals surface area contributed by atoms with Gasteiger partial charge in [0.2, 0.25) is 5.91 Å². The number of amides is 1. The number of anilines is 1. The second-order valence-electron chi connectivity index (χ2n) is 9.54. The number of ketones is 1. The minimum Gasteiger partial charge on any atom is -0.423 e. The van der Waals surface area contributed by atoms with Crippen LogP contribution in [0, 0.1) is 18.3 Å². The van der Waals surface area contributed by atoms with Crippen molar-refractivity contribution in [2.75, 3.05) is 5.32 Å². The van der Waals surface area contributed by atoms with E-state index < -0.39 is 17.3 Å². The quantitative estimate of drug-likeness (QED) is 0.189. The van der Waals surface area contributed by atoms with Gasteiger partial charge in [-0.3, -0.25) is 9.59 Å². The van der Waals surface area contributed by atoms with Crippen molar-refractivity contribution in [2.45, 2.75) is 34.6 Å². The summed E-state index contributed by atoms with van der Waals surface area (Å²) in [7, 11) is 0. The summed E-state index contributed by atoms with van der Waals surface area (Å²) in [6.45, 7) is 8.94. The van der Waals surface area contributed by atoms with Crippen molar-refractivity contribution in [2.24, 2.45) is 11.3 Å². The number of nitrogens with one attached hydrogen (secondary N) is 2. The molecule has 0 radical (unpaired) electrons. The van der Waals surface area contributed by atoms with Crippen molar-refractivity contribution in [1.82, 2.24) is 15.4 Å². The van der Waals surface area contributed by atoms with Crippen LogP contribution in [-0.4, -0.2) is 33.1 Å². The van der Waals surface area contributed by atoms with E-state index in [2.05, 4.69) is 20.7 Å². The van der Waals surface area contributed by atoms with Gasteiger partial charge < -0.3 is 10.1 Å². The molecule has 0 saturated heterocycles. The Morgan fingerprint density at radius 2 is 1.62 bits per heavy atom. The number of rotatable bonds is 5. The summed E-state index contributed by atoms with van der Waals surface area (Å²) in [5.74, 6) is -1.01. The average Bonchev–Trinajstić information content (AvgIpc) is 3.34. The Labute approximate surface area is 220 Å². The molecular formula is C28H29ClN4O4. The molecule has 0 saturated carbocycles. The summed E-state index contributed by atoms with van der Waals surface area (Å²) in [4.78, 5) is 36.0. The standard InChI is InChI=1S/C15H20ClNO2.C13H9N3O2/c1-9-6-7-11(16)12(8-9)17-14(19)10(2)13(18)15(3,4)5;17-13(18-10-4-2-1-3-5-10)9-6-7-11-12(8-9)15-16-14-11/h6-8,10H,1-5H3,(H,17,19);1-8H,(H,14,15,16). The first-order valence-electron chi connectivity index (χ1n) is 11.6. The number of benzene rings is 3. The van der Waals surface area contributed by atoms with Gasteiger partial charge in [-0.25, -0.2) is 4.79 Å². The number of hydrogen-bond acceptors (Lipinski definition) is 6. The monoisotopic (exact) mass is 520 g/mol. The van der Waals surface area contributed by atoms with Crippen LogP contribution in [0.1, 0.15) is 43.6 Å². The number of aryl methyl sites for hydroxylation is 1. The van der Waals surface area contributed by atoms with Crippen LogP contribution in [0.3, 0.4) is 0 Å². The van der Waals surface area contributed by atoms with E-state index in [0.717, 1.165) is 5.56 Å². The molecule has 0 aliphatic rings. The molecule has 1 aromatic heterocycles. The predicted octanol–water partition coefficient (Wildman–Crippen LogP) is 6.02. The van der Waals surface area contributed by atoms with Crippen LogP contribution in [0.25, 0.3) is 11.0 Å². The summed E-state index contributed by atoms with van der Waals surface area (Å²) in [5.41, 5.74) is 2.80. The number of halogens is 1. The minimum atomic E-state index is -0.698. The van der Waals surface area contributed by atoms with Gasteiger partial charge in [-0.15, -0.1) is 0 Å². The molecule has 2 N–H and O–H groups in total. The van der Waals surface area contributed by atoms with Crippen molar-refractivity contribution in [3.05, 3.63) is 82.9 Å². The van der Waals surface area contributed by atoms with Crippen molar-refractivity contribution in [3.8, 4) is 5.75 Å². The molecule has 1 heterocycles. The summed E-state index contributed by atoms with van der Waals surface area (Å²) < 4.78 is 5.23. The number of aromatic nitrogens is 3. The molecule has 0 aliphatic heterocycles. The number of aromatic amines is 1. The van der Waals surface area contributed by atoms with Crippen molar-refractivity contribution >= 4 is 46.0 Å². The van der Waals surface area contributed by atoms with E-state index in [4.69, 9.17) is 16.3 Å². The van der Waals surface area contributed by atoms with E-state index >= 15 is 0 Å². The number of ether oxygens (including phenoxy) is 1. The maximum absolute atomic E-state index is 12.1. The third kappa shape index (κ3) is 7.47. The number of H-pyrrole nitrogens is 1. The maximum atomic E-state index is 12.1. The second kappa shape index (κ2) is 11.8. The maximum Gasteiger partial charge on any atom is 0.343 e. The van der Waals surface area contributed by atoms with Gasteiger partial charge in [0.25, 0.3) is 0 Å². The molecule has 1 unspecified atom stereocenters. The summed E-state index contributed by atoms with van der Waals surface area (Å²) >= 11 is 6.01. The Bertz CT molecular complexity index is 1410. The minimum absolute atomic E-state index is 0.0891. The smallest absolute Gasteiger partial charge is 0.343 e. The van der Waals surface area contributed by atoms with E-state index in [-0.39, 0.29) is 11.7 Å². The molecule has 37 heavy (non-hydrogen) atoms. The number of esters is 1. The Hall–Kier alpha value is -4.04. The van der Waals surface area contributed by atoms with Gasteiger partial charge in [0.05, 0.1) is 22.2 Å². The van der Waals surface area contributed by atoms with Crippen LogP contribution in [-0.2, 0) is 9.59 Å². The first-order valence-corrected chi connectivity index (χ1v) is 12.0. The molecule has 1 amide bonds. The lowest BCUT2D eigenvalue weighted by Gasteiger charge is -2.21. The fourth-order valence-electron chi connectivity index (χ4n) is 3.37. The number of carbonyl (C=O) groups is 3. The highest BCUT2D eigenvalue weighted by atomic mass is 35.5. The fraction of sp³-hybridized carbons (Fsp3) is 0.250. The topological polar surface area (TPSA) is 114 Å². The summed E-state index contributed by atoms with van der Waals surface area (Å²) in [6.07, 6.45) is 0. The SMILES string of the molecule is Cc1ccc(Cl)c(NC(=O)C(C)C(=O)C(C)(C)C)c1.O=C(Oc1ccccc1)c1ccc2n[nH]nc2c1. The van der Waals surface area contributed by atoms with Gasteiger partial charge in [-0.1, -0.05) is 56.6 Å². The highest BCUT2D eigenvalue weighted by Gasteiger charge is 2.31. The molecule has 0 bridgehead atoms. The van der Waals surface area contributed by atoms with Crippen LogP contribution in [0.5, 0.6) is 5.75 Å². The second-order valence-corrected chi connectivity index (χ2v) is 9.95.